The van der Waals surface area contributed by atoms with E-state index in [1.165, 1.54) is 0 Å². The Morgan fingerprint density at radius 1 is 1.16 bits per heavy atom. The summed E-state index contributed by atoms with van der Waals surface area (Å²) in [6, 6.07) is 12.0. The van der Waals surface area contributed by atoms with E-state index in [0.717, 1.165) is 36.2 Å². The number of hydrogen-bond acceptors (Lipinski definition) is 9. The molecule has 11 nitrogen and oxygen atoms in total. The van der Waals surface area contributed by atoms with Gasteiger partial charge in [0.2, 0.25) is 0 Å². The molecule has 0 bridgehead atoms. The number of carbonyl (C=O) groups is 1. The first-order valence-corrected chi connectivity index (χ1v) is 15.5. The number of ether oxygens (including phenoxy) is 2. The molecular formula is C34H39N7O4. The number of esters is 1. The molecule has 3 aromatic heterocycles. The van der Waals surface area contributed by atoms with Crippen LogP contribution in [-0.2, 0) is 39.3 Å². The zero-order chi connectivity index (χ0) is 31.8. The second-order valence-electron chi connectivity index (χ2n) is 10.8. The van der Waals surface area contributed by atoms with Gasteiger partial charge < -0.3 is 19.1 Å². The number of benzene rings is 1. The van der Waals surface area contributed by atoms with Crippen LogP contribution in [0.1, 0.15) is 81.7 Å². The number of allylic oxidation sites excluding steroid dienone is 4. The summed E-state index contributed by atoms with van der Waals surface area (Å²) >= 11 is 0. The molecule has 234 valence electrons. The normalized spacial score (nSPS) is 16.7. The third kappa shape index (κ3) is 6.72. The van der Waals surface area contributed by atoms with Gasteiger partial charge in [-0.3, -0.25) is 0 Å². The maximum Gasteiger partial charge on any atom is 0.384 e. The maximum absolute atomic E-state index is 11.8. The van der Waals surface area contributed by atoms with E-state index in [4.69, 9.17) is 19.4 Å². The zero-order valence-corrected chi connectivity index (χ0v) is 26.2. The Kier molecular flexibility index (Phi) is 10.2. The van der Waals surface area contributed by atoms with Crippen LogP contribution >= 0.6 is 0 Å². The largest absolute Gasteiger partial charge is 0.456 e. The number of nitrogens with zero attached hydrogens (tertiary/aromatic N) is 7. The zero-order valence-electron chi connectivity index (χ0n) is 26.2. The number of hydrogen-bond donors (Lipinski definition) is 1. The number of rotatable bonds is 12. The van der Waals surface area contributed by atoms with E-state index < -0.39 is 11.4 Å². The van der Waals surface area contributed by atoms with E-state index in [1.807, 2.05) is 32.0 Å². The van der Waals surface area contributed by atoms with Crippen LogP contribution in [0, 0.1) is 11.8 Å². The van der Waals surface area contributed by atoms with E-state index in [9.17, 15) is 9.90 Å². The number of pyridine rings is 1. The van der Waals surface area contributed by atoms with Gasteiger partial charge in [0.05, 0.1) is 36.4 Å². The van der Waals surface area contributed by atoms with E-state index in [2.05, 4.69) is 69.2 Å². The molecule has 0 saturated carbocycles. The first kappa shape index (κ1) is 31.8. The van der Waals surface area contributed by atoms with Gasteiger partial charge >= 0.3 is 5.97 Å². The number of aromatic nitrogens is 7. The van der Waals surface area contributed by atoms with Crippen molar-refractivity contribution in [2.75, 3.05) is 13.2 Å². The summed E-state index contributed by atoms with van der Waals surface area (Å²) in [5.41, 5.74) is 3.75. The van der Waals surface area contributed by atoms with Crippen LogP contribution in [-0.4, -0.2) is 59.0 Å². The Morgan fingerprint density at radius 2 is 1.98 bits per heavy atom. The van der Waals surface area contributed by atoms with E-state index in [1.54, 1.807) is 17.7 Å². The van der Waals surface area contributed by atoms with Crippen LogP contribution in [0.15, 0.2) is 60.2 Å². The van der Waals surface area contributed by atoms with Crippen LogP contribution in [0.25, 0.3) is 11.2 Å². The van der Waals surface area contributed by atoms with Crippen molar-refractivity contribution in [2.24, 2.45) is 0 Å². The molecule has 0 saturated heterocycles. The number of aliphatic hydroxyl groups excluding tert-OH is 1. The molecule has 1 aliphatic rings. The van der Waals surface area contributed by atoms with E-state index in [0.29, 0.717) is 47.8 Å². The Bertz CT molecular complexity index is 1760. The molecule has 2 atom stereocenters. The summed E-state index contributed by atoms with van der Waals surface area (Å²) in [5.74, 6) is 6.27. The second-order valence-corrected chi connectivity index (χ2v) is 10.8. The summed E-state index contributed by atoms with van der Waals surface area (Å²) in [6.45, 7) is 8.77. The monoisotopic (exact) mass is 609 g/mol. The van der Waals surface area contributed by atoms with Gasteiger partial charge in [-0.25, -0.2) is 14.8 Å². The molecule has 2 unspecified atom stereocenters. The smallest absolute Gasteiger partial charge is 0.384 e. The summed E-state index contributed by atoms with van der Waals surface area (Å²) in [7, 11) is 0. The lowest BCUT2D eigenvalue weighted by Gasteiger charge is -2.32. The summed E-state index contributed by atoms with van der Waals surface area (Å²) in [4.78, 5) is 21.5. The van der Waals surface area contributed by atoms with Gasteiger partial charge in [-0.2, -0.15) is 4.68 Å². The van der Waals surface area contributed by atoms with Crippen LogP contribution in [0.5, 0.6) is 0 Å². The Hall–Kier alpha value is -4.66. The molecule has 0 radical (unpaired) electrons. The van der Waals surface area contributed by atoms with Crippen LogP contribution in [0.3, 0.4) is 0 Å². The molecule has 0 spiro atoms. The number of unbranched alkanes of at least 4 members (excludes halogenated alkanes) is 1. The molecular weight excluding hydrogens is 570 g/mol. The molecule has 1 aliphatic carbocycles. The average Bonchev–Trinajstić information content (AvgIpc) is 3.69. The molecule has 0 fully saturated rings. The van der Waals surface area contributed by atoms with Crippen molar-refractivity contribution < 1.29 is 19.4 Å². The minimum atomic E-state index is -0.625. The molecule has 3 heterocycles. The first-order chi connectivity index (χ1) is 21.9. The highest BCUT2D eigenvalue weighted by Gasteiger charge is 2.39. The highest BCUT2D eigenvalue weighted by molar-refractivity contribution is 5.89. The van der Waals surface area contributed by atoms with Gasteiger partial charge in [0.15, 0.2) is 17.7 Å². The molecule has 4 aromatic rings. The van der Waals surface area contributed by atoms with Crippen molar-refractivity contribution in [1.29, 1.82) is 0 Å². The predicted molar refractivity (Wildman–Crippen MR) is 169 cm³/mol. The van der Waals surface area contributed by atoms with Gasteiger partial charge in [-0.05, 0) is 61.2 Å². The number of tetrazole rings is 1. The maximum atomic E-state index is 11.8. The first-order valence-electron chi connectivity index (χ1n) is 15.5. The standard InChI is InChI=1S/C34H39N7O4/c1-5-8-14-30-35-28-21-26(15-16-31(43)45-7-3)29(23-42)36-32(28)40(30)22-25-17-19-34(20-18-25,27-12-10-9-11-13-27)33-37-38-39-41(33)24(4)44-6-2/h9-13,17-19,21,24,42H,5-8,14,20,22-23H2,1-4H3. The fourth-order valence-corrected chi connectivity index (χ4v) is 5.60. The van der Waals surface area contributed by atoms with Crippen molar-refractivity contribution in [3.8, 4) is 11.8 Å². The van der Waals surface area contributed by atoms with Crippen molar-refractivity contribution >= 4 is 17.1 Å². The molecule has 0 aliphatic heterocycles. The van der Waals surface area contributed by atoms with Crippen molar-refractivity contribution in [1.82, 2.24) is 34.7 Å². The Morgan fingerprint density at radius 3 is 2.67 bits per heavy atom. The van der Waals surface area contributed by atoms with Gasteiger partial charge in [-0.15, -0.1) is 5.10 Å². The number of imidazole rings is 1. The van der Waals surface area contributed by atoms with Gasteiger partial charge in [0, 0.05) is 18.9 Å². The van der Waals surface area contributed by atoms with Crippen molar-refractivity contribution in [3.05, 3.63) is 88.7 Å². The fourth-order valence-electron chi connectivity index (χ4n) is 5.60. The lowest BCUT2D eigenvalue weighted by atomic mass is 9.73. The average molecular weight is 610 g/mol. The molecule has 0 amide bonds. The van der Waals surface area contributed by atoms with Gasteiger partial charge in [0.25, 0.3) is 0 Å². The molecule has 1 aromatic carbocycles. The highest BCUT2D eigenvalue weighted by Crippen LogP contribution is 2.40. The van der Waals surface area contributed by atoms with Crippen molar-refractivity contribution in [3.63, 3.8) is 0 Å². The van der Waals surface area contributed by atoms with Gasteiger partial charge in [-0.1, -0.05) is 67.8 Å². The highest BCUT2D eigenvalue weighted by atomic mass is 16.5. The quantitative estimate of drug-likeness (QED) is 0.181. The fraction of sp³-hybridized carbons (Fsp3) is 0.412. The Labute approximate surface area is 263 Å². The van der Waals surface area contributed by atoms with E-state index in [-0.39, 0.29) is 19.4 Å². The number of carbonyl (C=O) groups excluding carboxylic acids is 1. The molecule has 11 heteroatoms. The third-order valence-electron chi connectivity index (χ3n) is 7.90. The lowest BCUT2D eigenvalue weighted by molar-refractivity contribution is -0.136. The number of aliphatic hydroxyl groups is 1. The Balaban J connectivity index is 1.52. The van der Waals surface area contributed by atoms with Crippen molar-refractivity contribution in [2.45, 2.75) is 78.2 Å². The number of aryl methyl sites for hydroxylation is 1. The van der Waals surface area contributed by atoms with Crippen LogP contribution < -0.4 is 0 Å². The predicted octanol–water partition coefficient (Wildman–Crippen LogP) is 4.59. The van der Waals surface area contributed by atoms with Gasteiger partial charge in [0.1, 0.15) is 11.3 Å². The molecule has 45 heavy (non-hydrogen) atoms. The lowest BCUT2D eigenvalue weighted by Crippen LogP contribution is -2.32. The number of fused-ring (bicyclic) bond motifs is 1. The molecule has 5 rings (SSSR count). The summed E-state index contributed by atoms with van der Waals surface area (Å²) in [5, 5.41) is 23.0. The van der Waals surface area contributed by atoms with E-state index >= 15 is 0 Å². The van der Waals surface area contributed by atoms with Crippen LogP contribution in [0.2, 0.25) is 0 Å². The molecule has 1 N–H and O–H groups in total. The third-order valence-corrected chi connectivity index (χ3v) is 7.90. The summed E-state index contributed by atoms with van der Waals surface area (Å²) < 4.78 is 14.7. The van der Waals surface area contributed by atoms with Crippen LogP contribution in [0.4, 0.5) is 0 Å². The minimum Gasteiger partial charge on any atom is -0.456 e. The minimum absolute atomic E-state index is 0.239. The summed E-state index contributed by atoms with van der Waals surface area (Å²) in [6.07, 6.45) is 9.61. The topological polar surface area (TPSA) is 130 Å². The second kappa shape index (κ2) is 14.4. The SMILES string of the molecule is CCCCc1nc2cc(C#CC(=O)OCC)c(CO)nc2n1CC1=CCC(c2ccccc2)(c2nnnn2C(C)OCC)C=C1.